The predicted molar refractivity (Wildman–Crippen MR) is 118 cm³/mol. The minimum Gasteiger partial charge on any atom is -0.429 e. The molecule has 0 unspecified atom stereocenters. The van der Waals surface area contributed by atoms with Gasteiger partial charge in [-0.15, -0.1) is 0 Å². The fraction of sp³-hybridized carbons (Fsp3) is 0.333. The summed E-state index contributed by atoms with van der Waals surface area (Å²) in [6.07, 6.45) is -0.695. The van der Waals surface area contributed by atoms with Crippen molar-refractivity contribution in [3.05, 3.63) is 88.7 Å². The van der Waals surface area contributed by atoms with E-state index >= 15 is 0 Å². The molecule has 0 radical (unpaired) electrons. The second-order valence-corrected chi connectivity index (χ2v) is 8.94. The molecule has 1 saturated carbocycles. The van der Waals surface area contributed by atoms with Crippen LogP contribution in [0.5, 0.6) is 5.75 Å². The number of halogens is 5. The van der Waals surface area contributed by atoms with Crippen molar-refractivity contribution in [2.45, 2.75) is 51.6 Å². The molecule has 0 aromatic heterocycles. The van der Waals surface area contributed by atoms with Gasteiger partial charge in [0.05, 0.1) is 0 Å². The van der Waals surface area contributed by atoms with Gasteiger partial charge < -0.3 is 4.74 Å². The van der Waals surface area contributed by atoms with Gasteiger partial charge in [0.25, 0.3) is 0 Å². The van der Waals surface area contributed by atoms with Crippen LogP contribution >= 0.6 is 0 Å². The highest BCUT2D eigenvalue weighted by Crippen LogP contribution is 2.40. The van der Waals surface area contributed by atoms with Crippen molar-refractivity contribution in [2.75, 3.05) is 0 Å². The summed E-state index contributed by atoms with van der Waals surface area (Å²) in [5, 5.41) is 0. The van der Waals surface area contributed by atoms with Gasteiger partial charge in [0.2, 0.25) is 0 Å². The van der Waals surface area contributed by atoms with E-state index in [0.29, 0.717) is 17.0 Å². The highest BCUT2D eigenvalue weighted by molar-refractivity contribution is 5.64. The molecule has 3 aromatic carbocycles. The van der Waals surface area contributed by atoms with Crippen LogP contribution < -0.4 is 4.74 Å². The summed E-state index contributed by atoms with van der Waals surface area (Å²) in [6, 6.07) is 12.0. The average molecular weight is 460 g/mol. The van der Waals surface area contributed by atoms with Gasteiger partial charge in [0.1, 0.15) is 28.8 Å². The number of ether oxygens (including phenoxy) is 1. The standard InChI is InChI=1S/C27H25F5O/c1-16-3-7-18(8-4-16)20-13-24(29)26(25(30)14-20)27(31,32)33-21-11-12-22(23(28)15-21)19-9-5-17(2)6-10-19/h3-4,7-8,11-15,17,19H,5-6,9-10H2,1-2H3. The Morgan fingerprint density at radius 2 is 1.36 bits per heavy atom. The zero-order valence-electron chi connectivity index (χ0n) is 18.5. The highest BCUT2D eigenvalue weighted by Gasteiger charge is 2.41. The zero-order chi connectivity index (χ0) is 23.8. The normalized spacial score (nSPS) is 18.9. The maximum absolute atomic E-state index is 14.8. The van der Waals surface area contributed by atoms with E-state index in [1.54, 1.807) is 24.3 Å². The molecule has 0 spiro atoms. The molecule has 0 N–H and O–H groups in total. The van der Waals surface area contributed by atoms with E-state index in [1.165, 1.54) is 12.1 Å². The van der Waals surface area contributed by atoms with Crippen LogP contribution in [0.1, 0.15) is 55.2 Å². The molecule has 1 aliphatic rings. The summed E-state index contributed by atoms with van der Waals surface area (Å²) in [4.78, 5) is 0. The van der Waals surface area contributed by atoms with Crippen LogP contribution in [0.4, 0.5) is 22.0 Å². The Hall–Kier alpha value is -2.89. The lowest BCUT2D eigenvalue weighted by molar-refractivity contribution is -0.189. The van der Waals surface area contributed by atoms with Crippen LogP contribution in [-0.4, -0.2) is 0 Å². The van der Waals surface area contributed by atoms with E-state index < -0.39 is 34.9 Å². The maximum Gasteiger partial charge on any atom is 0.432 e. The topological polar surface area (TPSA) is 9.23 Å². The van der Waals surface area contributed by atoms with Gasteiger partial charge in [-0.05, 0) is 66.5 Å². The molecule has 1 fully saturated rings. The lowest BCUT2D eigenvalue weighted by atomic mass is 9.79. The Bertz CT molecular complexity index is 1110. The number of benzene rings is 3. The van der Waals surface area contributed by atoms with E-state index in [1.807, 2.05) is 6.92 Å². The van der Waals surface area contributed by atoms with Crippen LogP contribution in [0.15, 0.2) is 54.6 Å². The van der Waals surface area contributed by atoms with Crippen molar-refractivity contribution in [2.24, 2.45) is 5.92 Å². The number of rotatable bonds is 5. The molecule has 4 rings (SSSR count). The molecule has 33 heavy (non-hydrogen) atoms. The molecule has 174 valence electrons. The van der Waals surface area contributed by atoms with Crippen molar-refractivity contribution < 1.29 is 26.7 Å². The Labute approximate surface area is 190 Å². The summed E-state index contributed by atoms with van der Waals surface area (Å²) >= 11 is 0. The molecular weight excluding hydrogens is 435 g/mol. The third kappa shape index (κ3) is 5.05. The van der Waals surface area contributed by atoms with E-state index in [2.05, 4.69) is 11.7 Å². The van der Waals surface area contributed by atoms with Crippen molar-refractivity contribution in [3.63, 3.8) is 0 Å². The van der Waals surface area contributed by atoms with Gasteiger partial charge in [-0.1, -0.05) is 55.7 Å². The lowest BCUT2D eigenvalue weighted by Crippen LogP contribution is -2.25. The van der Waals surface area contributed by atoms with Crippen LogP contribution in [-0.2, 0) is 6.11 Å². The molecule has 0 aliphatic heterocycles. The first kappa shape index (κ1) is 23.3. The molecule has 0 bridgehead atoms. The number of aryl methyl sites for hydroxylation is 1. The first-order valence-corrected chi connectivity index (χ1v) is 11.1. The monoisotopic (exact) mass is 460 g/mol. The first-order valence-electron chi connectivity index (χ1n) is 11.1. The summed E-state index contributed by atoms with van der Waals surface area (Å²) in [5.74, 6) is -3.41. The van der Waals surface area contributed by atoms with Gasteiger partial charge in [-0.2, -0.15) is 8.78 Å². The molecule has 0 atom stereocenters. The van der Waals surface area contributed by atoms with Crippen LogP contribution in [0.2, 0.25) is 0 Å². The summed E-state index contributed by atoms with van der Waals surface area (Å²) in [6.45, 7) is 4.01. The number of hydrogen-bond acceptors (Lipinski definition) is 1. The van der Waals surface area contributed by atoms with Gasteiger partial charge in [0, 0.05) is 6.07 Å². The van der Waals surface area contributed by atoms with Gasteiger partial charge >= 0.3 is 6.11 Å². The zero-order valence-corrected chi connectivity index (χ0v) is 18.5. The van der Waals surface area contributed by atoms with E-state index in [-0.39, 0.29) is 11.5 Å². The third-order valence-electron chi connectivity index (χ3n) is 6.39. The fourth-order valence-electron chi connectivity index (χ4n) is 4.44. The van der Waals surface area contributed by atoms with E-state index in [9.17, 15) is 22.0 Å². The largest absolute Gasteiger partial charge is 0.432 e. The quantitative estimate of drug-likeness (QED) is 0.347. The highest BCUT2D eigenvalue weighted by atomic mass is 19.3. The third-order valence-corrected chi connectivity index (χ3v) is 6.39. The summed E-state index contributed by atoms with van der Waals surface area (Å²) in [7, 11) is 0. The minimum absolute atomic E-state index is 0.0277. The maximum atomic E-state index is 14.8. The second-order valence-electron chi connectivity index (χ2n) is 8.94. The Morgan fingerprint density at radius 1 is 0.758 bits per heavy atom. The summed E-state index contributed by atoms with van der Waals surface area (Å²) in [5.41, 5.74) is 0.514. The molecule has 0 heterocycles. The molecular formula is C27H25F5O. The molecule has 0 amide bonds. The van der Waals surface area contributed by atoms with Gasteiger partial charge in [-0.3, -0.25) is 0 Å². The Balaban J connectivity index is 1.57. The minimum atomic E-state index is -4.33. The first-order chi connectivity index (χ1) is 15.6. The SMILES string of the molecule is Cc1ccc(-c2cc(F)c(C(F)(F)Oc3ccc(C4CCC(C)CC4)c(F)c3)c(F)c2)cc1. The van der Waals surface area contributed by atoms with Crippen LogP contribution in [0.25, 0.3) is 11.1 Å². The van der Waals surface area contributed by atoms with Crippen LogP contribution in [0.3, 0.4) is 0 Å². The number of alkyl halides is 2. The van der Waals surface area contributed by atoms with Gasteiger partial charge in [-0.25, -0.2) is 13.2 Å². The van der Waals surface area contributed by atoms with E-state index in [4.69, 9.17) is 0 Å². The molecule has 3 aromatic rings. The van der Waals surface area contributed by atoms with Crippen LogP contribution in [0, 0.1) is 30.3 Å². The average Bonchev–Trinajstić information content (AvgIpc) is 2.74. The number of hydrogen-bond donors (Lipinski definition) is 0. The fourth-order valence-corrected chi connectivity index (χ4v) is 4.44. The Morgan fingerprint density at radius 3 is 1.94 bits per heavy atom. The molecule has 1 nitrogen and oxygen atoms in total. The molecule has 0 saturated heterocycles. The van der Waals surface area contributed by atoms with Crippen molar-refractivity contribution in [1.29, 1.82) is 0 Å². The van der Waals surface area contributed by atoms with Gasteiger partial charge in [0.15, 0.2) is 0 Å². The Kier molecular flexibility index (Phi) is 6.46. The predicted octanol–water partition coefficient (Wildman–Crippen LogP) is 8.50. The van der Waals surface area contributed by atoms with Crippen molar-refractivity contribution >= 4 is 0 Å². The van der Waals surface area contributed by atoms with E-state index in [0.717, 1.165) is 49.4 Å². The molecule has 6 heteroatoms. The van der Waals surface area contributed by atoms with Crippen molar-refractivity contribution in [1.82, 2.24) is 0 Å². The lowest BCUT2D eigenvalue weighted by Gasteiger charge is -2.27. The summed E-state index contributed by atoms with van der Waals surface area (Å²) < 4.78 is 78.0. The second kappa shape index (κ2) is 9.16. The van der Waals surface area contributed by atoms with Crippen molar-refractivity contribution in [3.8, 4) is 16.9 Å². The molecule has 1 aliphatic carbocycles. The smallest absolute Gasteiger partial charge is 0.429 e.